The van der Waals surface area contributed by atoms with E-state index in [1.165, 1.54) is 5.69 Å². The molecule has 0 aromatic heterocycles. The minimum atomic E-state index is 0.314. The molecule has 0 atom stereocenters. The van der Waals surface area contributed by atoms with Crippen molar-refractivity contribution in [3.8, 4) is 5.75 Å². The number of amides is 1. The van der Waals surface area contributed by atoms with Gasteiger partial charge in [-0.3, -0.25) is 4.79 Å². The fourth-order valence-corrected chi connectivity index (χ4v) is 2.71. The summed E-state index contributed by atoms with van der Waals surface area (Å²) < 4.78 is 5.27. The molecule has 1 saturated heterocycles. The van der Waals surface area contributed by atoms with Gasteiger partial charge in [-0.05, 0) is 18.6 Å². The van der Waals surface area contributed by atoms with Crippen LogP contribution in [0.1, 0.15) is 32.6 Å². The van der Waals surface area contributed by atoms with Gasteiger partial charge in [-0.2, -0.15) is 0 Å². The van der Waals surface area contributed by atoms with Crippen molar-refractivity contribution < 1.29 is 9.53 Å². The Bertz CT molecular complexity index is 454. The molecule has 0 N–H and O–H groups in total. The molecule has 0 radical (unpaired) electrons. The first-order valence-corrected chi connectivity index (χ1v) is 7.91. The summed E-state index contributed by atoms with van der Waals surface area (Å²) in [6.07, 6.45) is 4.03. The highest BCUT2D eigenvalue weighted by molar-refractivity contribution is 5.76. The van der Waals surface area contributed by atoms with Crippen LogP contribution >= 0.6 is 0 Å². The van der Waals surface area contributed by atoms with E-state index in [2.05, 4.69) is 24.0 Å². The second-order valence-electron chi connectivity index (χ2n) is 5.53. The van der Waals surface area contributed by atoms with Crippen LogP contribution in [0.4, 0.5) is 5.69 Å². The van der Waals surface area contributed by atoms with Gasteiger partial charge in [-0.25, -0.2) is 0 Å². The molecular formula is C17H26N2O2. The summed E-state index contributed by atoms with van der Waals surface area (Å²) in [6.45, 7) is 5.60. The Morgan fingerprint density at radius 1 is 1.19 bits per heavy atom. The van der Waals surface area contributed by atoms with E-state index in [1.54, 1.807) is 7.11 Å². The lowest BCUT2D eigenvalue weighted by atomic mass is 10.1. The number of hydrogen-bond donors (Lipinski definition) is 0. The van der Waals surface area contributed by atoms with Crippen molar-refractivity contribution >= 4 is 11.6 Å². The topological polar surface area (TPSA) is 32.8 Å². The molecule has 0 aliphatic carbocycles. The number of carbonyl (C=O) groups is 1. The van der Waals surface area contributed by atoms with Gasteiger partial charge >= 0.3 is 0 Å². The van der Waals surface area contributed by atoms with Crippen molar-refractivity contribution in [3.63, 3.8) is 0 Å². The summed E-state index contributed by atoms with van der Waals surface area (Å²) >= 11 is 0. The summed E-state index contributed by atoms with van der Waals surface area (Å²) in [6, 6.07) is 8.12. The van der Waals surface area contributed by atoms with Gasteiger partial charge in [0.05, 0.1) is 7.11 Å². The maximum atomic E-state index is 12.1. The summed E-state index contributed by atoms with van der Waals surface area (Å²) in [5, 5.41) is 0. The fourth-order valence-electron chi connectivity index (χ4n) is 2.71. The van der Waals surface area contributed by atoms with Gasteiger partial charge < -0.3 is 14.5 Å². The lowest BCUT2D eigenvalue weighted by molar-refractivity contribution is -0.131. The minimum Gasteiger partial charge on any atom is -0.497 e. The van der Waals surface area contributed by atoms with Crippen LogP contribution in [-0.4, -0.2) is 44.1 Å². The zero-order chi connectivity index (χ0) is 15.1. The molecule has 1 aliphatic rings. The van der Waals surface area contributed by atoms with Crippen molar-refractivity contribution in [2.45, 2.75) is 32.6 Å². The second-order valence-corrected chi connectivity index (χ2v) is 5.53. The number of methoxy groups -OCH3 is 1. The molecule has 1 amide bonds. The van der Waals surface area contributed by atoms with E-state index in [1.807, 2.05) is 17.0 Å². The zero-order valence-electron chi connectivity index (χ0n) is 13.2. The van der Waals surface area contributed by atoms with Gasteiger partial charge in [0.1, 0.15) is 5.75 Å². The molecule has 1 fully saturated rings. The number of hydrogen-bond acceptors (Lipinski definition) is 3. The molecule has 0 saturated carbocycles. The Balaban J connectivity index is 1.83. The average Bonchev–Trinajstić information content (AvgIpc) is 2.55. The van der Waals surface area contributed by atoms with Gasteiger partial charge in [0, 0.05) is 44.4 Å². The highest BCUT2D eigenvalue weighted by Crippen LogP contribution is 2.22. The Kier molecular flexibility index (Phi) is 5.90. The van der Waals surface area contributed by atoms with E-state index in [0.29, 0.717) is 12.3 Å². The largest absolute Gasteiger partial charge is 0.497 e. The molecule has 116 valence electrons. The Hall–Kier alpha value is -1.71. The fraction of sp³-hybridized carbons (Fsp3) is 0.588. The first-order valence-electron chi connectivity index (χ1n) is 7.91. The van der Waals surface area contributed by atoms with Crippen molar-refractivity contribution in [2.75, 3.05) is 38.2 Å². The van der Waals surface area contributed by atoms with E-state index in [-0.39, 0.29) is 0 Å². The normalized spacial score (nSPS) is 15.1. The first kappa shape index (κ1) is 15.7. The summed E-state index contributed by atoms with van der Waals surface area (Å²) in [4.78, 5) is 16.4. The molecule has 1 aliphatic heterocycles. The molecule has 1 aromatic rings. The zero-order valence-corrected chi connectivity index (χ0v) is 13.2. The molecule has 2 rings (SSSR count). The summed E-state index contributed by atoms with van der Waals surface area (Å²) in [7, 11) is 1.69. The number of piperazine rings is 1. The third kappa shape index (κ3) is 4.38. The minimum absolute atomic E-state index is 0.314. The number of rotatable bonds is 6. The van der Waals surface area contributed by atoms with Gasteiger partial charge in [-0.1, -0.05) is 25.8 Å². The number of benzene rings is 1. The third-order valence-electron chi connectivity index (χ3n) is 4.05. The van der Waals surface area contributed by atoms with Crippen LogP contribution in [0.2, 0.25) is 0 Å². The monoisotopic (exact) mass is 290 g/mol. The van der Waals surface area contributed by atoms with E-state index in [9.17, 15) is 4.79 Å². The van der Waals surface area contributed by atoms with Crippen LogP contribution in [-0.2, 0) is 4.79 Å². The van der Waals surface area contributed by atoms with Crippen LogP contribution in [0, 0.1) is 0 Å². The Morgan fingerprint density at radius 3 is 2.62 bits per heavy atom. The molecule has 0 bridgehead atoms. The molecule has 4 nitrogen and oxygen atoms in total. The van der Waals surface area contributed by atoms with Crippen LogP contribution in [0.25, 0.3) is 0 Å². The van der Waals surface area contributed by atoms with Crippen molar-refractivity contribution in [1.29, 1.82) is 0 Å². The molecule has 1 heterocycles. The van der Waals surface area contributed by atoms with E-state index >= 15 is 0 Å². The molecule has 4 heteroatoms. The van der Waals surface area contributed by atoms with E-state index < -0.39 is 0 Å². The highest BCUT2D eigenvalue weighted by atomic mass is 16.5. The van der Waals surface area contributed by atoms with Gasteiger partial charge in [-0.15, -0.1) is 0 Å². The first-order chi connectivity index (χ1) is 10.2. The Morgan fingerprint density at radius 2 is 1.95 bits per heavy atom. The lowest BCUT2D eigenvalue weighted by Gasteiger charge is -2.36. The molecule has 0 unspecified atom stereocenters. The number of nitrogens with zero attached hydrogens (tertiary/aromatic N) is 2. The number of anilines is 1. The van der Waals surface area contributed by atoms with Crippen LogP contribution < -0.4 is 9.64 Å². The third-order valence-corrected chi connectivity index (χ3v) is 4.05. The maximum Gasteiger partial charge on any atom is 0.222 e. The van der Waals surface area contributed by atoms with Crippen LogP contribution in [0.5, 0.6) is 5.75 Å². The van der Waals surface area contributed by atoms with Crippen LogP contribution in [0.15, 0.2) is 24.3 Å². The smallest absolute Gasteiger partial charge is 0.222 e. The predicted molar refractivity (Wildman–Crippen MR) is 85.9 cm³/mol. The Labute approximate surface area is 127 Å². The van der Waals surface area contributed by atoms with Gasteiger partial charge in [0.25, 0.3) is 0 Å². The summed E-state index contributed by atoms with van der Waals surface area (Å²) in [5.74, 6) is 1.19. The van der Waals surface area contributed by atoms with Crippen molar-refractivity contribution in [3.05, 3.63) is 24.3 Å². The van der Waals surface area contributed by atoms with E-state index in [0.717, 1.165) is 51.2 Å². The second kappa shape index (κ2) is 7.91. The SMILES string of the molecule is CCCCCC(=O)N1CCN(c2cccc(OC)c2)CC1. The maximum absolute atomic E-state index is 12.1. The van der Waals surface area contributed by atoms with E-state index in [4.69, 9.17) is 4.74 Å². The summed E-state index contributed by atoms with van der Waals surface area (Å²) in [5.41, 5.74) is 1.17. The number of carbonyl (C=O) groups excluding carboxylic acids is 1. The van der Waals surface area contributed by atoms with Gasteiger partial charge in [0.2, 0.25) is 5.91 Å². The molecule has 21 heavy (non-hydrogen) atoms. The average molecular weight is 290 g/mol. The molecule has 0 spiro atoms. The van der Waals surface area contributed by atoms with Crippen LogP contribution in [0.3, 0.4) is 0 Å². The highest BCUT2D eigenvalue weighted by Gasteiger charge is 2.20. The number of unbranched alkanes of at least 4 members (excludes halogenated alkanes) is 2. The standard InChI is InChI=1S/C17H26N2O2/c1-3-4-5-9-17(20)19-12-10-18(11-13-19)15-7-6-8-16(14-15)21-2/h6-8,14H,3-5,9-13H2,1-2H3. The number of ether oxygens (including phenoxy) is 1. The molecule has 1 aromatic carbocycles. The quantitative estimate of drug-likeness (QED) is 0.755. The van der Waals surface area contributed by atoms with Gasteiger partial charge in [0.15, 0.2) is 0 Å². The molecular weight excluding hydrogens is 264 g/mol. The lowest BCUT2D eigenvalue weighted by Crippen LogP contribution is -2.48. The van der Waals surface area contributed by atoms with Crippen molar-refractivity contribution in [1.82, 2.24) is 4.90 Å². The van der Waals surface area contributed by atoms with Crippen molar-refractivity contribution in [2.24, 2.45) is 0 Å². The predicted octanol–water partition coefficient (Wildman–Crippen LogP) is 2.92.